The molecule has 0 fully saturated rings. The van der Waals surface area contributed by atoms with E-state index >= 15 is 0 Å². The number of carbonyl (C=O) groups excluding carboxylic acids is 3. The van der Waals surface area contributed by atoms with E-state index in [1.165, 1.54) is 12.2 Å². The zero-order valence-corrected chi connectivity index (χ0v) is 11.5. The standard InChI is InChI=1S/C16H14O5/c1-10(2)16(19)21-9-8-20-14-5-3-4-11-12(17)6-7-13(18)15(11)14/h3-7H,1,8-9H2,2H3. The van der Waals surface area contributed by atoms with Crippen LogP contribution < -0.4 is 4.74 Å². The molecule has 0 saturated heterocycles. The van der Waals surface area contributed by atoms with Gasteiger partial charge in [0.25, 0.3) is 0 Å². The van der Waals surface area contributed by atoms with Crippen LogP contribution in [0.3, 0.4) is 0 Å². The van der Waals surface area contributed by atoms with E-state index in [-0.39, 0.29) is 30.3 Å². The zero-order chi connectivity index (χ0) is 15.4. The molecule has 0 radical (unpaired) electrons. The molecular formula is C16H14O5. The Bertz CT molecular complexity index is 655. The van der Waals surface area contributed by atoms with Crippen LogP contribution >= 0.6 is 0 Å². The quantitative estimate of drug-likeness (QED) is 0.471. The highest BCUT2D eigenvalue weighted by atomic mass is 16.6. The van der Waals surface area contributed by atoms with Gasteiger partial charge in [0.05, 0.1) is 5.56 Å². The highest BCUT2D eigenvalue weighted by Gasteiger charge is 2.22. The lowest BCUT2D eigenvalue weighted by molar-refractivity contribution is -0.139. The molecule has 2 rings (SSSR count). The van der Waals surface area contributed by atoms with E-state index in [4.69, 9.17) is 9.47 Å². The average Bonchev–Trinajstić information content (AvgIpc) is 2.47. The van der Waals surface area contributed by atoms with E-state index in [1.807, 2.05) is 0 Å². The normalized spacial score (nSPS) is 12.8. The van der Waals surface area contributed by atoms with Crippen molar-refractivity contribution < 1.29 is 23.9 Å². The Kier molecular flexibility index (Phi) is 4.33. The van der Waals surface area contributed by atoms with Crippen LogP contribution in [0.5, 0.6) is 5.75 Å². The summed E-state index contributed by atoms with van der Waals surface area (Å²) in [5.41, 5.74) is 0.869. The molecule has 5 nitrogen and oxygen atoms in total. The minimum atomic E-state index is -0.497. The molecule has 0 saturated carbocycles. The number of benzene rings is 1. The summed E-state index contributed by atoms with van der Waals surface area (Å²) in [5, 5.41) is 0. The second kappa shape index (κ2) is 6.17. The largest absolute Gasteiger partial charge is 0.489 e. The van der Waals surface area contributed by atoms with Crippen molar-refractivity contribution in [3.63, 3.8) is 0 Å². The lowest BCUT2D eigenvalue weighted by Gasteiger charge is -2.14. The lowest BCUT2D eigenvalue weighted by Crippen LogP contribution is -2.16. The van der Waals surface area contributed by atoms with Gasteiger partial charge in [-0.3, -0.25) is 9.59 Å². The molecule has 108 valence electrons. The van der Waals surface area contributed by atoms with Crippen LogP contribution in [0.4, 0.5) is 0 Å². The number of ether oxygens (including phenoxy) is 2. The molecule has 0 aromatic heterocycles. The Morgan fingerprint density at radius 2 is 1.86 bits per heavy atom. The van der Waals surface area contributed by atoms with Crippen molar-refractivity contribution in [2.24, 2.45) is 0 Å². The van der Waals surface area contributed by atoms with E-state index in [2.05, 4.69) is 6.58 Å². The number of esters is 1. The molecule has 21 heavy (non-hydrogen) atoms. The predicted octanol–water partition coefficient (Wildman–Crippen LogP) is 2.12. The topological polar surface area (TPSA) is 69.7 Å². The summed E-state index contributed by atoms with van der Waals surface area (Å²) >= 11 is 0. The van der Waals surface area contributed by atoms with Gasteiger partial charge in [0.2, 0.25) is 0 Å². The first-order chi connectivity index (χ1) is 10.0. The molecule has 0 N–H and O–H groups in total. The molecule has 0 unspecified atom stereocenters. The van der Waals surface area contributed by atoms with Crippen molar-refractivity contribution in [2.45, 2.75) is 6.92 Å². The Labute approximate surface area is 121 Å². The first kappa shape index (κ1) is 14.7. The third-order valence-electron chi connectivity index (χ3n) is 2.85. The van der Waals surface area contributed by atoms with Crippen LogP contribution in [0.25, 0.3) is 0 Å². The molecule has 1 aromatic carbocycles. The fourth-order valence-corrected chi connectivity index (χ4v) is 1.84. The van der Waals surface area contributed by atoms with Crippen LogP contribution in [-0.4, -0.2) is 30.7 Å². The van der Waals surface area contributed by atoms with Crippen molar-refractivity contribution in [1.29, 1.82) is 0 Å². The van der Waals surface area contributed by atoms with E-state index in [9.17, 15) is 14.4 Å². The fourth-order valence-electron chi connectivity index (χ4n) is 1.84. The fraction of sp³-hybridized carbons (Fsp3) is 0.188. The van der Waals surface area contributed by atoms with E-state index < -0.39 is 5.97 Å². The maximum absolute atomic E-state index is 11.9. The highest BCUT2D eigenvalue weighted by molar-refractivity contribution is 6.23. The first-order valence-electron chi connectivity index (χ1n) is 6.36. The second-order valence-corrected chi connectivity index (χ2v) is 4.51. The van der Waals surface area contributed by atoms with Crippen molar-refractivity contribution in [3.05, 3.63) is 53.6 Å². The van der Waals surface area contributed by atoms with Crippen molar-refractivity contribution >= 4 is 17.5 Å². The number of ketones is 2. The van der Waals surface area contributed by atoms with E-state index in [0.29, 0.717) is 16.9 Å². The second-order valence-electron chi connectivity index (χ2n) is 4.51. The number of hydrogen-bond donors (Lipinski definition) is 0. The zero-order valence-electron chi connectivity index (χ0n) is 11.5. The minimum absolute atomic E-state index is 0.0351. The van der Waals surface area contributed by atoms with Gasteiger partial charge in [-0.15, -0.1) is 0 Å². The number of allylic oxidation sites excluding steroid dienone is 2. The lowest BCUT2D eigenvalue weighted by atomic mass is 9.94. The van der Waals surface area contributed by atoms with Crippen LogP contribution in [0.2, 0.25) is 0 Å². The Morgan fingerprint density at radius 1 is 1.14 bits per heavy atom. The summed E-state index contributed by atoms with van der Waals surface area (Å²) in [6.45, 7) is 5.13. The van der Waals surface area contributed by atoms with Crippen LogP contribution in [0, 0.1) is 0 Å². The minimum Gasteiger partial charge on any atom is -0.489 e. The molecule has 0 amide bonds. The summed E-state index contributed by atoms with van der Waals surface area (Å²) in [7, 11) is 0. The third-order valence-corrected chi connectivity index (χ3v) is 2.85. The van der Waals surface area contributed by atoms with Crippen LogP contribution in [0.1, 0.15) is 27.6 Å². The number of carbonyl (C=O) groups is 3. The number of rotatable bonds is 5. The molecule has 0 spiro atoms. The van der Waals surface area contributed by atoms with Gasteiger partial charge in [-0.25, -0.2) is 4.79 Å². The smallest absolute Gasteiger partial charge is 0.333 e. The number of hydrogen-bond acceptors (Lipinski definition) is 5. The highest BCUT2D eigenvalue weighted by Crippen LogP contribution is 2.26. The molecule has 0 heterocycles. The maximum Gasteiger partial charge on any atom is 0.333 e. The van der Waals surface area contributed by atoms with Gasteiger partial charge in [-0.05, 0) is 25.1 Å². The van der Waals surface area contributed by atoms with Crippen LogP contribution in [0.15, 0.2) is 42.5 Å². The molecule has 1 aromatic rings. The molecule has 1 aliphatic rings. The van der Waals surface area contributed by atoms with Crippen LogP contribution in [-0.2, 0) is 9.53 Å². The summed E-state index contributed by atoms with van der Waals surface area (Å²) in [4.78, 5) is 34.8. The van der Waals surface area contributed by atoms with Crippen molar-refractivity contribution in [2.75, 3.05) is 13.2 Å². The molecular weight excluding hydrogens is 272 g/mol. The predicted molar refractivity (Wildman–Crippen MR) is 75.5 cm³/mol. The van der Waals surface area contributed by atoms with Gasteiger partial charge < -0.3 is 9.47 Å². The Morgan fingerprint density at radius 3 is 2.57 bits per heavy atom. The Balaban J connectivity index is 2.04. The molecule has 1 aliphatic carbocycles. The molecule has 0 aliphatic heterocycles. The van der Waals surface area contributed by atoms with Gasteiger partial charge in [-0.2, -0.15) is 0 Å². The van der Waals surface area contributed by atoms with E-state index in [1.54, 1.807) is 25.1 Å². The molecule has 0 bridgehead atoms. The summed E-state index contributed by atoms with van der Waals surface area (Å²) in [6.07, 6.45) is 2.46. The first-order valence-corrected chi connectivity index (χ1v) is 6.36. The summed E-state index contributed by atoms with van der Waals surface area (Å²) in [6, 6.07) is 4.81. The van der Waals surface area contributed by atoms with Gasteiger partial charge in [0, 0.05) is 11.1 Å². The van der Waals surface area contributed by atoms with Gasteiger partial charge in [0.1, 0.15) is 19.0 Å². The van der Waals surface area contributed by atoms with E-state index in [0.717, 1.165) is 0 Å². The summed E-state index contributed by atoms with van der Waals surface area (Å²) < 4.78 is 10.3. The average molecular weight is 286 g/mol. The SMILES string of the molecule is C=C(C)C(=O)OCCOc1cccc2c1C(=O)C=CC2=O. The van der Waals surface area contributed by atoms with Gasteiger partial charge >= 0.3 is 5.97 Å². The van der Waals surface area contributed by atoms with Crippen molar-refractivity contribution in [1.82, 2.24) is 0 Å². The molecule has 5 heteroatoms. The maximum atomic E-state index is 11.9. The third kappa shape index (κ3) is 3.25. The number of fused-ring (bicyclic) bond motifs is 1. The van der Waals surface area contributed by atoms with Gasteiger partial charge in [-0.1, -0.05) is 18.7 Å². The van der Waals surface area contributed by atoms with Crippen molar-refractivity contribution in [3.8, 4) is 5.75 Å². The van der Waals surface area contributed by atoms with Gasteiger partial charge in [0.15, 0.2) is 11.6 Å². The summed E-state index contributed by atoms with van der Waals surface area (Å²) in [5.74, 6) is -0.702. The Hall–Kier alpha value is -2.69. The molecule has 0 atom stereocenters. The monoisotopic (exact) mass is 286 g/mol.